The van der Waals surface area contributed by atoms with Gasteiger partial charge in [0, 0.05) is 20.0 Å². The Morgan fingerprint density at radius 1 is 1.04 bits per heavy atom. The average Bonchev–Trinajstić information content (AvgIpc) is 2.82. The number of aliphatic carboxylic acids is 1. The number of carboxylic acid groups (broad SMARTS) is 1. The van der Waals surface area contributed by atoms with Gasteiger partial charge in [-0.1, -0.05) is 31.4 Å². The van der Waals surface area contributed by atoms with Crippen LogP contribution >= 0.6 is 0 Å². The van der Waals surface area contributed by atoms with Gasteiger partial charge in [0.15, 0.2) is 0 Å². The Labute approximate surface area is 146 Å². The van der Waals surface area contributed by atoms with E-state index in [1.165, 1.54) is 4.57 Å². The number of amides is 1. The molecule has 2 rings (SSSR count). The van der Waals surface area contributed by atoms with Crippen LogP contribution in [0.2, 0.25) is 0 Å². The summed E-state index contributed by atoms with van der Waals surface area (Å²) in [6.45, 7) is 0.579. The van der Waals surface area contributed by atoms with Crippen LogP contribution in [0.25, 0.3) is 11.0 Å². The first kappa shape index (κ1) is 18.8. The van der Waals surface area contributed by atoms with E-state index in [1.807, 2.05) is 24.3 Å². The average molecular weight is 347 g/mol. The first-order chi connectivity index (χ1) is 12.0. The van der Waals surface area contributed by atoms with Gasteiger partial charge in [0.2, 0.25) is 5.91 Å². The number of carbonyl (C=O) groups is 2. The summed E-state index contributed by atoms with van der Waals surface area (Å²) in [6, 6.07) is 7.40. The molecule has 0 aliphatic rings. The maximum absolute atomic E-state index is 12.3. The summed E-state index contributed by atoms with van der Waals surface area (Å²) >= 11 is 0. The molecule has 1 amide bonds. The summed E-state index contributed by atoms with van der Waals surface area (Å²) in [4.78, 5) is 34.7. The van der Waals surface area contributed by atoms with Crippen molar-refractivity contribution in [3.05, 3.63) is 34.7 Å². The number of nitrogens with zero attached hydrogens (tertiary/aromatic N) is 2. The lowest BCUT2D eigenvalue weighted by Crippen LogP contribution is -2.33. The predicted molar refractivity (Wildman–Crippen MR) is 95.5 cm³/mol. The summed E-state index contributed by atoms with van der Waals surface area (Å²) in [5, 5.41) is 11.4. The Hall–Kier alpha value is -2.57. The highest BCUT2D eigenvalue weighted by Crippen LogP contribution is 2.11. The minimum absolute atomic E-state index is 0.0127. The van der Waals surface area contributed by atoms with E-state index >= 15 is 0 Å². The van der Waals surface area contributed by atoms with E-state index in [-0.39, 0.29) is 24.6 Å². The lowest BCUT2D eigenvalue weighted by atomic mass is 10.1. The third-order valence-electron chi connectivity index (χ3n) is 4.24. The number of unbranched alkanes of at least 4 members (excludes halogenated alkanes) is 4. The third-order valence-corrected chi connectivity index (χ3v) is 4.24. The van der Waals surface area contributed by atoms with Crippen LogP contribution in [-0.2, 0) is 23.2 Å². The topological polar surface area (TPSA) is 93.3 Å². The van der Waals surface area contributed by atoms with Crippen LogP contribution in [-0.4, -0.2) is 32.7 Å². The van der Waals surface area contributed by atoms with E-state index in [4.69, 9.17) is 5.11 Å². The molecule has 7 nitrogen and oxygen atoms in total. The SMILES string of the molecule is Cn1c(=O)n(CC(=O)NCCCCCCCC(=O)O)c2ccccc21. The van der Waals surface area contributed by atoms with E-state index in [0.717, 1.165) is 36.7 Å². The largest absolute Gasteiger partial charge is 0.481 e. The zero-order chi connectivity index (χ0) is 18.2. The maximum atomic E-state index is 12.3. The molecule has 0 saturated carbocycles. The number of carbonyl (C=O) groups excluding carboxylic acids is 1. The second-order valence-corrected chi connectivity index (χ2v) is 6.18. The number of imidazole rings is 1. The number of aromatic nitrogens is 2. The van der Waals surface area contributed by atoms with Crippen LogP contribution in [0.15, 0.2) is 29.1 Å². The quantitative estimate of drug-likeness (QED) is 0.642. The standard InChI is InChI=1S/C18H25N3O4/c1-20-14-9-6-7-10-15(14)21(18(20)25)13-16(22)19-12-8-4-2-3-5-11-17(23)24/h6-7,9-10H,2-5,8,11-13H2,1H3,(H,19,22)(H,23,24). The summed E-state index contributed by atoms with van der Waals surface area (Å²) in [6.07, 6.45) is 4.58. The lowest BCUT2D eigenvalue weighted by molar-refractivity contribution is -0.137. The van der Waals surface area contributed by atoms with Gasteiger partial charge in [0.1, 0.15) is 6.54 Å². The van der Waals surface area contributed by atoms with E-state index < -0.39 is 5.97 Å². The first-order valence-corrected chi connectivity index (χ1v) is 8.63. The minimum atomic E-state index is -0.754. The highest BCUT2D eigenvalue weighted by Gasteiger charge is 2.12. The van der Waals surface area contributed by atoms with Crippen LogP contribution in [0.5, 0.6) is 0 Å². The van der Waals surface area contributed by atoms with E-state index in [1.54, 1.807) is 11.6 Å². The van der Waals surface area contributed by atoms with Gasteiger partial charge in [-0.05, 0) is 25.0 Å². The van der Waals surface area contributed by atoms with Gasteiger partial charge in [0.05, 0.1) is 11.0 Å². The molecule has 2 N–H and O–H groups in total. The number of fused-ring (bicyclic) bond motifs is 1. The number of hydrogen-bond donors (Lipinski definition) is 2. The molecule has 1 aromatic carbocycles. The Balaban J connectivity index is 1.74. The molecular weight excluding hydrogens is 322 g/mol. The van der Waals surface area contributed by atoms with Gasteiger partial charge in [-0.15, -0.1) is 0 Å². The molecule has 0 bridgehead atoms. The fourth-order valence-corrected chi connectivity index (χ4v) is 2.87. The fraction of sp³-hybridized carbons (Fsp3) is 0.500. The normalized spacial score (nSPS) is 10.9. The summed E-state index contributed by atoms with van der Waals surface area (Å²) in [5.74, 6) is -0.930. The summed E-state index contributed by atoms with van der Waals surface area (Å²) in [7, 11) is 1.70. The van der Waals surface area contributed by atoms with Crippen LogP contribution in [0.3, 0.4) is 0 Å². The van der Waals surface area contributed by atoms with Gasteiger partial charge in [-0.25, -0.2) is 4.79 Å². The number of aryl methyl sites for hydroxylation is 1. The Bertz CT molecular complexity index is 791. The molecule has 1 heterocycles. The van der Waals surface area contributed by atoms with Crippen molar-refractivity contribution in [1.29, 1.82) is 0 Å². The number of rotatable bonds is 10. The zero-order valence-electron chi connectivity index (χ0n) is 14.5. The smallest absolute Gasteiger partial charge is 0.329 e. The lowest BCUT2D eigenvalue weighted by Gasteiger charge is -2.06. The first-order valence-electron chi connectivity index (χ1n) is 8.63. The van der Waals surface area contributed by atoms with Crippen molar-refractivity contribution in [2.24, 2.45) is 7.05 Å². The molecule has 7 heteroatoms. The molecule has 2 aromatic rings. The monoisotopic (exact) mass is 347 g/mol. The molecular formula is C18H25N3O4. The van der Waals surface area contributed by atoms with Gasteiger partial charge in [0.25, 0.3) is 0 Å². The number of nitrogens with one attached hydrogen (secondary N) is 1. The van der Waals surface area contributed by atoms with Crippen LogP contribution in [0.4, 0.5) is 0 Å². The van der Waals surface area contributed by atoms with Crippen LogP contribution in [0, 0.1) is 0 Å². The molecule has 25 heavy (non-hydrogen) atoms. The van der Waals surface area contributed by atoms with Gasteiger partial charge < -0.3 is 10.4 Å². The van der Waals surface area contributed by atoms with Crippen molar-refractivity contribution >= 4 is 22.9 Å². The molecule has 0 unspecified atom stereocenters. The van der Waals surface area contributed by atoms with Crippen molar-refractivity contribution in [1.82, 2.24) is 14.5 Å². The van der Waals surface area contributed by atoms with Crippen molar-refractivity contribution in [3.8, 4) is 0 Å². The van der Waals surface area contributed by atoms with Gasteiger partial charge in [-0.2, -0.15) is 0 Å². The molecule has 0 aliphatic heterocycles. The molecule has 0 spiro atoms. The predicted octanol–water partition coefficient (Wildman–Crippen LogP) is 1.88. The Kier molecular flexibility index (Phi) is 6.80. The van der Waals surface area contributed by atoms with E-state index in [0.29, 0.717) is 13.0 Å². The molecule has 0 radical (unpaired) electrons. The van der Waals surface area contributed by atoms with Crippen LogP contribution < -0.4 is 11.0 Å². The fourth-order valence-electron chi connectivity index (χ4n) is 2.87. The number of benzene rings is 1. The van der Waals surface area contributed by atoms with Crippen molar-refractivity contribution in [3.63, 3.8) is 0 Å². The second kappa shape index (κ2) is 9.05. The Morgan fingerprint density at radius 2 is 1.68 bits per heavy atom. The van der Waals surface area contributed by atoms with Gasteiger partial charge >= 0.3 is 11.7 Å². The van der Waals surface area contributed by atoms with E-state index in [9.17, 15) is 14.4 Å². The third kappa shape index (κ3) is 5.20. The number of para-hydroxylation sites is 2. The Morgan fingerprint density at radius 3 is 2.40 bits per heavy atom. The molecule has 136 valence electrons. The second-order valence-electron chi connectivity index (χ2n) is 6.18. The summed E-state index contributed by atoms with van der Waals surface area (Å²) in [5.41, 5.74) is 1.36. The minimum Gasteiger partial charge on any atom is -0.481 e. The van der Waals surface area contributed by atoms with Gasteiger partial charge in [-0.3, -0.25) is 18.7 Å². The maximum Gasteiger partial charge on any atom is 0.329 e. The summed E-state index contributed by atoms with van der Waals surface area (Å²) < 4.78 is 3.02. The van der Waals surface area contributed by atoms with E-state index in [2.05, 4.69) is 5.32 Å². The van der Waals surface area contributed by atoms with Crippen LogP contribution in [0.1, 0.15) is 38.5 Å². The molecule has 0 saturated heterocycles. The number of hydrogen-bond acceptors (Lipinski definition) is 3. The molecule has 0 atom stereocenters. The molecule has 0 fully saturated rings. The molecule has 1 aromatic heterocycles. The zero-order valence-corrected chi connectivity index (χ0v) is 14.5. The highest BCUT2D eigenvalue weighted by atomic mass is 16.4. The molecule has 0 aliphatic carbocycles. The number of carboxylic acids is 1. The highest BCUT2D eigenvalue weighted by molar-refractivity contribution is 5.80. The van der Waals surface area contributed by atoms with Crippen molar-refractivity contribution < 1.29 is 14.7 Å². The van der Waals surface area contributed by atoms with Crippen molar-refractivity contribution in [2.45, 2.75) is 45.1 Å². The van der Waals surface area contributed by atoms with Crippen molar-refractivity contribution in [2.75, 3.05) is 6.54 Å².